The standard InChI is InChI=1S/C18H20BrN3O2/c1-22(12-14-7-3-2-4-8-14)13-18(24)20-11-17(23)21-16-10-6-5-9-15(16)19/h2-10H,11-13H2,1H3,(H,20,24)(H,21,23). The summed E-state index contributed by atoms with van der Waals surface area (Å²) in [6.07, 6.45) is 0. The van der Waals surface area contributed by atoms with Crippen molar-refractivity contribution in [3.8, 4) is 0 Å². The maximum Gasteiger partial charge on any atom is 0.243 e. The van der Waals surface area contributed by atoms with Crippen LogP contribution >= 0.6 is 15.9 Å². The SMILES string of the molecule is CN(CC(=O)NCC(=O)Nc1ccccc1Br)Cc1ccccc1. The number of para-hydroxylation sites is 1. The summed E-state index contributed by atoms with van der Waals surface area (Å²) in [6, 6.07) is 17.2. The molecule has 2 aromatic rings. The quantitative estimate of drug-likeness (QED) is 0.764. The number of carbonyl (C=O) groups excluding carboxylic acids is 2. The Bertz CT molecular complexity index is 692. The topological polar surface area (TPSA) is 61.4 Å². The van der Waals surface area contributed by atoms with Gasteiger partial charge in [0, 0.05) is 11.0 Å². The van der Waals surface area contributed by atoms with Crippen LogP contribution in [0.5, 0.6) is 0 Å². The van der Waals surface area contributed by atoms with Crippen molar-refractivity contribution in [2.75, 3.05) is 25.5 Å². The van der Waals surface area contributed by atoms with E-state index in [4.69, 9.17) is 0 Å². The number of nitrogens with one attached hydrogen (secondary N) is 2. The molecule has 2 rings (SSSR count). The first-order valence-corrected chi connectivity index (χ1v) is 8.37. The number of carbonyl (C=O) groups is 2. The molecule has 0 heterocycles. The van der Waals surface area contributed by atoms with E-state index in [-0.39, 0.29) is 24.9 Å². The molecule has 126 valence electrons. The summed E-state index contributed by atoms with van der Waals surface area (Å²) in [5, 5.41) is 5.38. The molecule has 6 heteroatoms. The van der Waals surface area contributed by atoms with Crippen molar-refractivity contribution in [3.05, 3.63) is 64.6 Å². The van der Waals surface area contributed by atoms with Gasteiger partial charge < -0.3 is 10.6 Å². The van der Waals surface area contributed by atoms with Gasteiger partial charge >= 0.3 is 0 Å². The second kappa shape index (κ2) is 9.20. The normalized spacial score (nSPS) is 10.5. The van der Waals surface area contributed by atoms with E-state index in [1.54, 1.807) is 6.07 Å². The van der Waals surface area contributed by atoms with Crippen LogP contribution in [0.2, 0.25) is 0 Å². The molecule has 2 N–H and O–H groups in total. The highest BCUT2D eigenvalue weighted by Gasteiger charge is 2.10. The Morgan fingerprint density at radius 3 is 2.38 bits per heavy atom. The summed E-state index contributed by atoms with van der Waals surface area (Å²) < 4.78 is 0.798. The highest BCUT2D eigenvalue weighted by Crippen LogP contribution is 2.20. The summed E-state index contributed by atoms with van der Waals surface area (Å²) in [5.41, 5.74) is 1.82. The molecule has 0 fully saturated rings. The van der Waals surface area contributed by atoms with Gasteiger partial charge in [-0.3, -0.25) is 14.5 Å². The van der Waals surface area contributed by atoms with E-state index in [1.165, 1.54) is 0 Å². The fourth-order valence-electron chi connectivity index (χ4n) is 2.19. The smallest absolute Gasteiger partial charge is 0.243 e. The molecule has 24 heavy (non-hydrogen) atoms. The van der Waals surface area contributed by atoms with Crippen LogP contribution < -0.4 is 10.6 Å². The molecule has 5 nitrogen and oxygen atoms in total. The Labute approximate surface area is 150 Å². The van der Waals surface area contributed by atoms with Crippen molar-refractivity contribution < 1.29 is 9.59 Å². The highest BCUT2D eigenvalue weighted by molar-refractivity contribution is 9.10. The zero-order valence-electron chi connectivity index (χ0n) is 13.5. The van der Waals surface area contributed by atoms with E-state index < -0.39 is 0 Å². The van der Waals surface area contributed by atoms with Gasteiger partial charge in [-0.25, -0.2) is 0 Å². The van der Waals surface area contributed by atoms with Gasteiger partial charge in [0.25, 0.3) is 0 Å². The summed E-state index contributed by atoms with van der Waals surface area (Å²) in [6.45, 7) is 0.855. The lowest BCUT2D eigenvalue weighted by Gasteiger charge is -2.16. The number of likely N-dealkylation sites (N-methyl/N-ethyl adjacent to an activating group) is 1. The Morgan fingerprint density at radius 2 is 1.67 bits per heavy atom. The first-order valence-electron chi connectivity index (χ1n) is 7.58. The van der Waals surface area contributed by atoms with Crippen molar-refractivity contribution >= 4 is 33.4 Å². The third-order valence-electron chi connectivity index (χ3n) is 3.30. The van der Waals surface area contributed by atoms with Crippen molar-refractivity contribution in [3.63, 3.8) is 0 Å². The van der Waals surface area contributed by atoms with Crippen LogP contribution in [-0.4, -0.2) is 36.9 Å². The Balaban J connectivity index is 1.72. The number of amides is 2. The minimum atomic E-state index is -0.263. The molecular weight excluding hydrogens is 370 g/mol. The monoisotopic (exact) mass is 389 g/mol. The number of hydrogen-bond donors (Lipinski definition) is 2. The van der Waals surface area contributed by atoms with Gasteiger partial charge in [0.1, 0.15) is 0 Å². The fourth-order valence-corrected chi connectivity index (χ4v) is 2.57. The summed E-state index contributed by atoms with van der Waals surface area (Å²) in [7, 11) is 1.87. The summed E-state index contributed by atoms with van der Waals surface area (Å²) in [5.74, 6) is -0.448. The van der Waals surface area contributed by atoms with Gasteiger partial charge in [0.05, 0.1) is 18.8 Å². The molecule has 0 saturated carbocycles. The molecule has 0 bridgehead atoms. The molecule has 2 amide bonds. The van der Waals surface area contributed by atoms with Crippen molar-refractivity contribution in [1.29, 1.82) is 0 Å². The van der Waals surface area contributed by atoms with Crippen molar-refractivity contribution in [1.82, 2.24) is 10.2 Å². The Morgan fingerprint density at radius 1 is 1.00 bits per heavy atom. The Kier molecular flexibility index (Phi) is 6.96. The third-order valence-corrected chi connectivity index (χ3v) is 3.99. The second-order valence-electron chi connectivity index (χ2n) is 5.46. The molecule has 0 radical (unpaired) electrons. The van der Waals surface area contributed by atoms with Crippen molar-refractivity contribution in [2.45, 2.75) is 6.54 Å². The zero-order valence-corrected chi connectivity index (χ0v) is 15.0. The van der Waals surface area contributed by atoms with Gasteiger partial charge in [0.2, 0.25) is 11.8 Å². The van der Waals surface area contributed by atoms with E-state index in [1.807, 2.05) is 60.5 Å². The number of anilines is 1. The van der Waals surface area contributed by atoms with Gasteiger partial charge in [-0.15, -0.1) is 0 Å². The second-order valence-corrected chi connectivity index (χ2v) is 6.32. The van der Waals surface area contributed by atoms with Crippen LogP contribution in [0, 0.1) is 0 Å². The zero-order chi connectivity index (χ0) is 17.4. The third kappa shape index (κ3) is 6.14. The van der Waals surface area contributed by atoms with Crippen LogP contribution in [0.25, 0.3) is 0 Å². The lowest BCUT2D eigenvalue weighted by Crippen LogP contribution is -2.39. The van der Waals surface area contributed by atoms with Crippen LogP contribution in [0.15, 0.2) is 59.1 Å². The number of halogens is 1. The van der Waals surface area contributed by atoms with E-state index >= 15 is 0 Å². The van der Waals surface area contributed by atoms with Crippen LogP contribution in [0.4, 0.5) is 5.69 Å². The maximum absolute atomic E-state index is 11.9. The van der Waals surface area contributed by atoms with E-state index in [0.29, 0.717) is 12.2 Å². The number of rotatable bonds is 7. The fraction of sp³-hybridized carbons (Fsp3) is 0.222. The van der Waals surface area contributed by atoms with Gasteiger partial charge in [-0.1, -0.05) is 42.5 Å². The molecule has 0 spiro atoms. The molecule has 0 aromatic heterocycles. The maximum atomic E-state index is 11.9. The number of benzene rings is 2. The van der Waals surface area contributed by atoms with E-state index in [0.717, 1.165) is 10.0 Å². The molecule has 0 aliphatic carbocycles. The highest BCUT2D eigenvalue weighted by atomic mass is 79.9. The minimum Gasteiger partial charge on any atom is -0.346 e. The molecule has 0 unspecified atom stereocenters. The van der Waals surface area contributed by atoms with E-state index in [9.17, 15) is 9.59 Å². The lowest BCUT2D eigenvalue weighted by atomic mass is 10.2. The average molecular weight is 390 g/mol. The van der Waals surface area contributed by atoms with Crippen LogP contribution in [0.1, 0.15) is 5.56 Å². The number of hydrogen-bond acceptors (Lipinski definition) is 3. The average Bonchev–Trinajstić information content (AvgIpc) is 2.56. The van der Waals surface area contributed by atoms with Crippen LogP contribution in [0.3, 0.4) is 0 Å². The van der Waals surface area contributed by atoms with Crippen molar-refractivity contribution in [2.24, 2.45) is 0 Å². The molecule has 0 aliphatic rings. The molecular formula is C18H20BrN3O2. The predicted molar refractivity (Wildman–Crippen MR) is 98.6 cm³/mol. The summed E-state index contributed by atoms with van der Waals surface area (Å²) in [4.78, 5) is 25.7. The van der Waals surface area contributed by atoms with Gasteiger partial charge in [0.15, 0.2) is 0 Å². The molecule has 0 atom stereocenters. The predicted octanol–water partition coefficient (Wildman–Crippen LogP) is 2.64. The minimum absolute atomic E-state index is 0.0562. The number of nitrogens with zero attached hydrogens (tertiary/aromatic N) is 1. The molecule has 2 aromatic carbocycles. The van der Waals surface area contributed by atoms with Crippen LogP contribution in [-0.2, 0) is 16.1 Å². The van der Waals surface area contributed by atoms with E-state index in [2.05, 4.69) is 26.6 Å². The largest absolute Gasteiger partial charge is 0.346 e. The first-order chi connectivity index (χ1) is 11.5. The summed E-state index contributed by atoms with van der Waals surface area (Å²) >= 11 is 3.36. The molecule has 0 saturated heterocycles. The van der Waals surface area contributed by atoms with Gasteiger partial charge in [-0.05, 0) is 40.7 Å². The first kappa shape index (κ1) is 18.2. The van der Waals surface area contributed by atoms with Gasteiger partial charge in [-0.2, -0.15) is 0 Å². The lowest BCUT2D eigenvalue weighted by molar-refractivity contribution is -0.124. The molecule has 0 aliphatic heterocycles. The Hall–Kier alpha value is -2.18.